The Labute approximate surface area is 232 Å². The van der Waals surface area contributed by atoms with E-state index in [0.717, 1.165) is 15.8 Å². The molecule has 0 saturated carbocycles. The maximum atomic E-state index is 14.6. The summed E-state index contributed by atoms with van der Waals surface area (Å²) in [5.74, 6) is 0.208. The van der Waals surface area contributed by atoms with E-state index in [1.54, 1.807) is 30.5 Å². The molecule has 200 valence electrons. The summed E-state index contributed by atoms with van der Waals surface area (Å²) in [7, 11) is 0. The van der Waals surface area contributed by atoms with E-state index in [0.29, 0.717) is 53.2 Å². The molecule has 1 aliphatic heterocycles. The first-order chi connectivity index (χ1) is 19.5. The SMILES string of the molecule is O=C(Nc1ccc(F)c(NC(=O)c2cc3ccc(OCc4ccccn4)cc3s2)c1)c1ccc2c(c1)OCCO2. The molecule has 2 amide bonds. The molecule has 10 heteroatoms. The molecule has 40 heavy (non-hydrogen) atoms. The maximum Gasteiger partial charge on any atom is 0.265 e. The van der Waals surface area contributed by atoms with E-state index in [9.17, 15) is 14.0 Å². The van der Waals surface area contributed by atoms with Crippen molar-refractivity contribution >= 4 is 44.6 Å². The number of nitrogens with zero attached hydrogens (tertiary/aromatic N) is 1. The number of carbonyl (C=O) groups is 2. The molecule has 3 aromatic carbocycles. The highest BCUT2D eigenvalue weighted by molar-refractivity contribution is 7.20. The van der Waals surface area contributed by atoms with E-state index in [1.807, 2.05) is 36.4 Å². The number of aromatic nitrogens is 1. The van der Waals surface area contributed by atoms with Crippen LogP contribution in [0.4, 0.5) is 15.8 Å². The van der Waals surface area contributed by atoms with Gasteiger partial charge >= 0.3 is 0 Å². The van der Waals surface area contributed by atoms with Crippen molar-refractivity contribution in [3.05, 3.63) is 107 Å². The number of thiophene rings is 1. The van der Waals surface area contributed by atoms with E-state index in [4.69, 9.17) is 14.2 Å². The standard InChI is InChI=1S/C30H22FN3O5S/c31-23-8-6-20(33-29(35)19-5-9-25-26(13-19)38-12-11-37-25)15-24(23)34-30(36)28-14-18-4-7-22(16-27(18)40-28)39-17-21-3-1-2-10-32-21/h1-10,13-16H,11-12,17H2,(H,33,35)(H,34,36). The number of pyridine rings is 1. The zero-order chi connectivity index (χ0) is 27.5. The van der Waals surface area contributed by atoms with Gasteiger partial charge in [0.05, 0.1) is 16.3 Å². The number of fused-ring (bicyclic) bond motifs is 2. The highest BCUT2D eigenvalue weighted by atomic mass is 32.1. The Kier molecular flexibility index (Phi) is 6.98. The molecule has 0 aliphatic carbocycles. The third-order valence-electron chi connectivity index (χ3n) is 6.10. The quantitative estimate of drug-likeness (QED) is 0.245. The predicted octanol–water partition coefficient (Wildman–Crippen LogP) is 6.29. The summed E-state index contributed by atoms with van der Waals surface area (Å²) in [6, 6.07) is 21.8. The molecule has 2 N–H and O–H groups in total. The van der Waals surface area contributed by atoms with Gasteiger partial charge < -0.3 is 24.8 Å². The van der Waals surface area contributed by atoms with Crippen LogP contribution < -0.4 is 24.8 Å². The first kappa shape index (κ1) is 25.3. The van der Waals surface area contributed by atoms with Crippen molar-refractivity contribution in [1.29, 1.82) is 0 Å². The van der Waals surface area contributed by atoms with Crippen molar-refractivity contribution in [3.63, 3.8) is 0 Å². The molecular weight excluding hydrogens is 533 g/mol. The first-order valence-electron chi connectivity index (χ1n) is 12.4. The molecule has 5 aromatic rings. The van der Waals surface area contributed by atoms with E-state index in [-0.39, 0.29) is 5.69 Å². The molecular formula is C30H22FN3O5S. The van der Waals surface area contributed by atoms with Crippen molar-refractivity contribution in [2.75, 3.05) is 23.8 Å². The summed E-state index contributed by atoms with van der Waals surface area (Å²) in [4.78, 5) is 30.4. The van der Waals surface area contributed by atoms with Gasteiger partial charge in [0.1, 0.15) is 31.4 Å². The van der Waals surface area contributed by atoms with Crippen LogP contribution in [0, 0.1) is 5.82 Å². The summed E-state index contributed by atoms with van der Waals surface area (Å²) < 4.78 is 32.3. The summed E-state index contributed by atoms with van der Waals surface area (Å²) >= 11 is 1.27. The Morgan fingerprint density at radius 1 is 0.900 bits per heavy atom. The third-order valence-corrected chi connectivity index (χ3v) is 7.20. The van der Waals surface area contributed by atoms with Crippen molar-refractivity contribution in [2.24, 2.45) is 0 Å². The number of benzene rings is 3. The van der Waals surface area contributed by atoms with Gasteiger partial charge in [0.2, 0.25) is 0 Å². The Morgan fingerprint density at radius 2 is 1.77 bits per heavy atom. The van der Waals surface area contributed by atoms with Crippen molar-refractivity contribution < 1.29 is 28.2 Å². The molecule has 8 nitrogen and oxygen atoms in total. The Bertz CT molecular complexity index is 1720. The minimum absolute atomic E-state index is 0.0539. The number of halogens is 1. The van der Waals surface area contributed by atoms with Crippen LogP contribution >= 0.6 is 11.3 Å². The van der Waals surface area contributed by atoms with Gasteiger partial charge in [-0.15, -0.1) is 11.3 Å². The number of anilines is 2. The fourth-order valence-corrected chi connectivity index (χ4v) is 5.11. The maximum absolute atomic E-state index is 14.6. The van der Waals surface area contributed by atoms with Crippen LogP contribution in [0.3, 0.4) is 0 Å². The van der Waals surface area contributed by atoms with E-state index < -0.39 is 17.6 Å². The van der Waals surface area contributed by atoms with Gasteiger partial charge in [-0.25, -0.2) is 4.39 Å². The smallest absolute Gasteiger partial charge is 0.265 e. The highest BCUT2D eigenvalue weighted by Gasteiger charge is 2.17. The monoisotopic (exact) mass is 555 g/mol. The van der Waals surface area contributed by atoms with Gasteiger partial charge in [-0.2, -0.15) is 0 Å². The normalized spacial score (nSPS) is 12.1. The molecule has 3 heterocycles. The molecule has 0 saturated heterocycles. The lowest BCUT2D eigenvalue weighted by Gasteiger charge is -2.18. The third kappa shape index (κ3) is 5.57. The molecule has 0 spiro atoms. The number of hydrogen-bond acceptors (Lipinski definition) is 7. The molecule has 0 atom stereocenters. The van der Waals surface area contributed by atoms with Gasteiger partial charge in [0.15, 0.2) is 11.5 Å². The number of amides is 2. The molecule has 0 bridgehead atoms. The largest absolute Gasteiger partial charge is 0.487 e. The van der Waals surface area contributed by atoms with Gasteiger partial charge in [0, 0.05) is 22.1 Å². The molecule has 0 fully saturated rings. The van der Waals surface area contributed by atoms with Crippen molar-refractivity contribution in [1.82, 2.24) is 4.98 Å². The summed E-state index contributed by atoms with van der Waals surface area (Å²) in [5, 5.41) is 6.20. The number of nitrogens with one attached hydrogen (secondary N) is 2. The van der Waals surface area contributed by atoms with Crippen LogP contribution in [-0.4, -0.2) is 30.0 Å². The van der Waals surface area contributed by atoms with E-state index in [2.05, 4.69) is 15.6 Å². The average molecular weight is 556 g/mol. The highest BCUT2D eigenvalue weighted by Crippen LogP contribution is 2.32. The zero-order valence-electron chi connectivity index (χ0n) is 21.0. The summed E-state index contributed by atoms with van der Waals surface area (Å²) in [6.07, 6.45) is 1.71. The second-order valence-electron chi connectivity index (χ2n) is 8.88. The Hall–Kier alpha value is -4.96. The van der Waals surface area contributed by atoms with Crippen molar-refractivity contribution in [3.8, 4) is 17.2 Å². The van der Waals surface area contributed by atoms with E-state index >= 15 is 0 Å². The van der Waals surface area contributed by atoms with Gasteiger partial charge in [-0.05, 0) is 78.2 Å². The lowest BCUT2D eigenvalue weighted by atomic mass is 10.1. The molecule has 0 radical (unpaired) electrons. The molecule has 2 aromatic heterocycles. The van der Waals surface area contributed by atoms with Crippen LogP contribution in [-0.2, 0) is 6.61 Å². The van der Waals surface area contributed by atoms with Crippen LogP contribution in [0.5, 0.6) is 17.2 Å². The summed E-state index contributed by atoms with van der Waals surface area (Å²) in [5.41, 5.74) is 1.43. The van der Waals surface area contributed by atoms with Crippen LogP contribution in [0.15, 0.2) is 85.1 Å². The average Bonchev–Trinajstić information content (AvgIpc) is 3.42. The summed E-state index contributed by atoms with van der Waals surface area (Å²) in [6.45, 7) is 1.18. The lowest BCUT2D eigenvalue weighted by Crippen LogP contribution is -2.17. The number of hydrogen-bond donors (Lipinski definition) is 2. The number of carbonyl (C=O) groups excluding carboxylic acids is 2. The van der Waals surface area contributed by atoms with E-state index in [1.165, 1.54) is 29.5 Å². The predicted molar refractivity (Wildman–Crippen MR) is 150 cm³/mol. The topological polar surface area (TPSA) is 98.8 Å². The fourth-order valence-electron chi connectivity index (χ4n) is 4.12. The lowest BCUT2D eigenvalue weighted by molar-refractivity contribution is 0.102. The number of rotatable bonds is 7. The van der Waals surface area contributed by atoms with Gasteiger partial charge in [-0.1, -0.05) is 6.07 Å². The second-order valence-corrected chi connectivity index (χ2v) is 9.97. The zero-order valence-corrected chi connectivity index (χ0v) is 21.8. The Balaban J connectivity index is 1.14. The van der Waals surface area contributed by atoms with Crippen LogP contribution in [0.25, 0.3) is 10.1 Å². The van der Waals surface area contributed by atoms with Crippen LogP contribution in [0.2, 0.25) is 0 Å². The molecule has 6 rings (SSSR count). The van der Waals surface area contributed by atoms with Crippen LogP contribution in [0.1, 0.15) is 25.7 Å². The first-order valence-corrected chi connectivity index (χ1v) is 13.2. The fraction of sp³-hybridized carbons (Fsp3) is 0.100. The second kappa shape index (κ2) is 11.0. The van der Waals surface area contributed by atoms with Gasteiger partial charge in [0.25, 0.3) is 11.8 Å². The van der Waals surface area contributed by atoms with Gasteiger partial charge in [-0.3, -0.25) is 14.6 Å². The Morgan fingerprint density at radius 3 is 2.62 bits per heavy atom. The van der Waals surface area contributed by atoms with Crippen molar-refractivity contribution in [2.45, 2.75) is 6.61 Å². The minimum Gasteiger partial charge on any atom is -0.487 e. The molecule has 0 unspecified atom stereocenters. The minimum atomic E-state index is -0.628. The molecule has 1 aliphatic rings. The number of ether oxygens (including phenoxy) is 3.